The lowest BCUT2D eigenvalue weighted by Gasteiger charge is -2.27. The van der Waals surface area contributed by atoms with Gasteiger partial charge in [-0.25, -0.2) is 0 Å². The van der Waals surface area contributed by atoms with Crippen molar-refractivity contribution >= 4 is 5.91 Å². The molecule has 2 fully saturated rings. The minimum absolute atomic E-state index is 0.134. The Morgan fingerprint density at radius 3 is 2.74 bits per heavy atom. The van der Waals surface area contributed by atoms with Crippen LogP contribution >= 0.6 is 0 Å². The van der Waals surface area contributed by atoms with E-state index in [1.807, 2.05) is 0 Å². The first-order valence-electron chi connectivity index (χ1n) is 7.95. The zero-order valence-electron chi connectivity index (χ0n) is 12.5. The molecule has 0 radical (unpaired) electrons. The molecule has 1 unspecified atom stereocenters. The number of rotatable bonds is 8. The normalized spacial score (nSPS) is 26.9. The Bertz CT molecular complexity index is 296. The van der Waals surface area contributed by atoms with Crippen molar-refractivity contribution in [1.29, 1.82) is 0 Å². The Balaban J connectivity index is 1.75. The minimum Gasteiger partial charge on any atom is -0.354 e. The lowest BCUT2D eigenvalue weighted by molar-refractivity contribution is -0.130. The Kier molecular flexibility index (Phi) is 5.22. The average Bonchev–Trinajstić information content (AvgIpc) is 3.14. The van der Waals surface area contributed by atoms with Crippen LogP contribution in [0, 0.1) is 5.41 Å². The van der Waals surface area contributed by atoms with Gasteiger partial charge < -0.3 is 10.6 Å². The molecule has 1 heterocycles. The molecule has 110 valence electrons. The summed E-state index contributed by atoms with van der Waals surface area (Å²) in [5.74, 6) is 0.270. The SMILES string of the molecule is CCCC1(C(=O)NCCN(CC)C2CC2)CCNC1. The predicted octanol–water partition coefficient (Wildman–Crippen LogP) is 1.37. The third-order valence-electron chi connectivity index (χ3n) is 4.61. The van der Waals surface area contributed by atoms with Gasteiger partial charge in [0.1, 0.15) is 0 Å². The van der Waals surface area contributed by atoms with Crippen LogP contribution in [0.2, 0.25) is 0 Å². The molecule has 1 saturated heterocycles. The molecule has 0 spiro atoms. The summed E-state index contributed by atoms with van der Waals surface area (Å²) in [4.78, 5) is 14.9. The van der Waals surface area contributed by atoms with Crippen molar-refractivity contribution in [2.45, 2.75) is 52.0 Å². The van der Waals surface area contributed by atoms with Gasteiger partial charge in [0.2, 0.25) is 5.91 Å². The Morgan fingerprint density at radius 1 is 1.42 bits per heavy atom. The molecule has 1 amide bonds. The predicted molar refractivity (Wildman–Crippen MR) is 78.1 cm³/mol. The van der Waals surface area contributed by atoms with Crippen molar-refractivity contribution < 1.29 is 4.79 Å². The van der Waals surface area contributed by atoms with Crippen LogP contribution in [0.1, 0.15) is 46.0 Å². The molecule has 19 heavy (non-hydrogen) atoms. The van der Waals surface area contributed by atoms with Crippen LogP contribution < -0.4 is 10.6 Å². The summed E-state index contributed by atoms with van der Waals surface area (Å²) in [6.45, 7) is 9.11. The van der Waals surface area contributed by atoms with Gasteiger partial charge in [0.15, 0.2) is 0 Å². The molecule has 1 aliphatic heterocycles. The van der Waals surface area contributed by atoms with E-state index in [9.17, 15) is 4.79 Å². The highest BCUT2D eigenvalue weighted by atomic mass is 16.2. The summed E-state index contributed by atoms with van der Waals surface area (Å²) < 4.78 is 0. The second-order valence-corrected chi connectivity index (χ2v) is 6.07. The maximum Gasteiger partial charge on any atom is 0.227 e. The third kappa shape index (κ3) is 3.69. The fraction of sp³-hybridized carbons (Fsp3) is 0.933. The van der Waals surface area contributed by atoms with E-state index in [1.165, 1.54) is 12.8 Å². The van der Waals surface area contributed by atoms with Gasteiger partial charge in [0.25, 0.3) is 0 Å². The molecule has 1 atom stereocenters. The fourth-order valence-electron chi connectivity index (χ4n) is 3.28. The second kappa shape index (κ2) is 6.71. The van der Waals surface area contributed by atoms with Crippen LogP contribution in [0.25, 0.3) is 0 Å². The summed E-state index contributed by atoms with van der Waals surface area (Å²) in [6, 6.07) is 0.791. The van der Waals surface area contributed by atoms with E-state index >= 15 is 0 Å². The van der Waals surface area contributed by atoms with Crippen LogP contribution in [0.5, 0.6) is 0 Å². The van der Waals surface area contributed by atoms with E-state index in [4.69, 9.17) is 0 Å². The fourth-order valence-corrected chi connectivity index (χ4v) is 3.28. The first-order valence-corrected chi connectivity index (χ1v) is 7.95. The molecule has 2 aliphatic rings. The topological polar surface area (TPSA) is 44.4 Å². The molecule has 0 bridgehead atoms. The van der Waals surface area contributed by atoms with E-state index in [0.717, 1.165) is 58.0 Å². The van der Waals surface area contributed by atoms with E-state index in [2.05, 4.69) is 29.4 Å². The van der Waals surface area contributed by atoms with E-state index in [0.29, 0.717) is 0 Å². The van der Waals surface area contributed by atoms with E-state index in [1.54, 1.807) is 0 Å². The van der Waals surface area contributed by atoms with Gasteiger partial charge >= 0.3 is 0 Å². The van der Waals surface area contributed by atoms with Crippen molar-refractivity contribution in [1.82, 2.24) is 15.5 Å². The van der Waals surface area contributed by atoms with Crippen LogP contribution in [0.15, 0.2) is 0 Å². The second-order valence-electron chi connectivity index (χ2n) is 6.07. The van der Waals surface area contributed by atoms with Crippen molar-refractivity contribution in [3.8, 4) is 0 Å². The number of nitrogens with zero attached hydrogens (tertiary/aromatic N) is 1. The molecule has 4 nitrogen and oxygen atoms in total. The lowest BCUT2D eigenvalue weighted by Crippen LogP contribution is -2.45. The monoisotopic (exact) mass is 267 g/mol. The van der Waals surface area contributed by atoms with Crippen LogP contribution in [0.4, 0.5) is 0 Å². The molecule has 2 N–H and O–H groups in total. The number of likely N-dealkylation sites (N-methyl/N-ethyl adjacent to an activating group) is 1. The highest BCUT2D eigenvalue weighted by Gasteiger charge is 2.40. The molecular formula is C15H29N3O. The van der Waals surface area contributed by atoms with Gasteiger partial charge in [0.05, 0.1) is 5.41 Å². The van der Waals surface area contributed by atoms with Crippen LogP contribution in [0.3, 0.4) is 0 Å². The van der Waals surface area contributed by atoms with Gasteiger partial charge in [-0.15, -0.1) is 0 Å². The molecule has 0 aromatic carbocycles. The summed E-state index contributed by atoms with van der Waals surface area (Å²) in [5, 5.41) is 6.52. The highest BCUT2D eigenvalue weighted by Crippen LogP contribution is 2.31. The number of amides is 1. The number of carbonyl (C=O) groups is 1. The van der Waals surface area contributed by atoms with E-state index < -0.39 is 0 Å². The highest BCUT2D eigenvalue weighted by molar-refractivity contribution is 5.83. The van der Waals surface area contributed by atoms with Gasteiger partial charge in [-0.3, -0.25) is 9.69 Å². The van der Waals surface area contributed by atoms with Gasteiger partial charge in [0, 0.05) is 25.7 Å². The van der Waals surface area contributed by atoms with Gasteiger partial charge in [-0.05, 0) is 38.8 Å². The molecule has 2 rings (SSSR count). The maximum absolute atomic E-state index is 12.4. The zero-order valence-corrected chi connectivity index (χ0v) is 12.5. The quantitative estimate of drug-likeness (QED) is 0.698. The summed E-state index contributed by atoms with van der Waals surface area (Å²) in [7, 11) is 0. The van der Waals surface area contributed by atoms with Crippen molar-refractivity contribution in [3.63, 3.8) is 0 Å². The Hall–Kier alpha value is -0.610. The molecule has 1 saturated carbocycles. The Labute approximate surface area is 117 Å². The first kappa shape index (κ1) is 14.8. The van der Waals surface area contributed by atoms with E-state index in [-0.39, 0.29) is 11.3 Å². The minimum atomic E-state index is -0.134. The standard InChI is InChI=1S/C15H29N3O/c1-3-7-15(8-9-16-12-15)14(19)17-10-11-18(4-2)13-5-6-13/h13,16H,3-12H2,1-2H3,(H,17,19). The first-order chi connectivity index (χ1) is 9.22. The third-order valence-corrected chi connectivity index (χ3v) is 4.61. The summed E-state index contributed by atoms with van der Waals surface area (Å²) in [6.07, 6.45) is 5.76. The summed E-state index contributed by atoms with van der Waals surface area (Å²) in [5.41, 5.74) is -0.134. The molecule has 0 aromatic heterocycles. The molecule has 0 aromatic rings. The summed E-state index contributed by atoms with van der Waals surface area (Å²) >= 11 is 0. The van der Waals surface area contributed by atoms with Gasteiger partial charge in [-0.2, -0.15) is 0 Å². The van der Waals surface area contributed by atoms with Crippen molar-refractivity contribution in [2.24, 2.45) is 5.41 Å². The van der Waals surface area contributed by atoms with Crippen molar-refractivity contribution in [2.75, 3.05) is 32.7 Å². The largest absolute Gasteiger partial charge is 0.354 e. The maximum atomic E-state index is 12.4. The number of hydrogen-bond acceptors (Lipinski definition) is 3. The number of hydrogen-bond donors (Lipinski definition) is 2. The van der Waals surface area contributed by atoms with Crippen LogP contribution in [-0.4, -0.2) is 49.6 Å². The molecular weight excluding hydrogens is 238 g/mol. The van der Waals surface area contributed by atoms with Gasteiger partial charge in [-0.1, -0.05) is 20.3 Å². The Morgan fingerprint density at radius 2 is 2.21 bits per heavy atom. The molecule has 4 heteroatoms. The molecule has 1 aliphatic carbocycles. The lowest BCUT2D eigenvalue weighted by atomic mass is 9.81. The zero-order chi connectivity index (χ0) is 13.7. The smallest absolute Gasteiger partial charge is 0.227 e. The van der Waals surface area contributed by atoms with Crippen LogP contribution in [-0.2, 0) is 4.79 Å². The number of carbonyl (C=O) groups excluding carboxylic acids is 1. The van der Waals surface area contributed by atoms with Crippen molar-refractivity contribution in [3.05, 3.63) is 0 Å². The number of nitrogens with one attached hydrogen (secondary N) is 2. The average molecular weight is 267 g/mol.